The molecule has 0 saturated heterocycles. The Hall–Kier alpha value is -1.33. The van der Waals surface area contributed by atoms with Crippen molar-refractivity contribution in [3.8, 4) is 0 Å². The van der Waals surface area contributed by atoms with E-state index in [-0.39, 0.29) is 12.5 Å². The minimum Gasteiger partial charge on any atom is -0.472 e. The molecule has 5 heteroatoms. The molecule has 0 unspecified atom stereocenters. The van der Waals surface area contributed by atoms with Gasteiger partial charge in [0.05, 0.1) is 25.7 Å². The Kier molecular flexibility index (Phi) is 4.86. The van der Waals surface area contributed by atoms with Crippen molar-refractivity contribution in [1.82, 2.24) is 10.2 Å². The molecule has 1 amide bonds. The van der Waals surface area contributed by atoms with Gasteiger partial charge < -0.3 is 14.8 Å². The van der Waals surface area contributed by atoms with Crippen LogP contribution in [-0.4, -0.2) is 42.7 Å². The molecule has 84 valence electrons. The second-order valence-corrected chi connectivity index (χ2v) is 3.38. The van der Waals surface area contributed by atoms with Crippen molar-refractivity contribution in [2.45, 2.75) is 6.54 Å². The average molecular weight is 212 g/mol. The van der Waals surface area contributed by atoms with Gasteiger partial charge in [-0.25, -0.2) is 0 Å². The van der Waals surface area contributed by atoms with Gasteiger partial charge in [0.25, 0.3) is 0 Å². The molecular formula is C10H16N2O3. The fraction of sp³-hybridized carbons (Fsp3) is 0.500. The summed E-state index contributed by atoms with van der Waals surface area (Å²) in [4.78, 5) is 13.1. The van der Waals surface area contributed by atoms with Gasteiger partial charge in [-0.1, -0.05) is 0 Å². The highest BCUT2D eigenvalue weighted by molar-refractivity contribution is 5.77. The first-order valence-electron chi connectivity index (χ1n) is 4.79. The predicted octanol–water partition coefficient (Wildman–Crippen LogP) is -0.180. The molecule has 0 spiro atoms. The normalized spacial score (nSPS) is 10.6. The number of amides is 1. The van der Waals surface area contributed by atoms with Crippen LogP contribution in [0.5, 0.6) is 0 Å². The van der Waals surface area contributed by atoms with E-state index < -0.39 is 0 Å². The maximum absolute atomic E-state index is 11.3. The highest BCUT2D eigenvalue weighted by Crippen LogP contribution is 2.02. The van der Waals surface area contributed by atoms with Gasteiger partial charge >= 0.3 is 0 Å². The number of nitrogens with zero attached hydrogens (tertiary/aromatic N) is 1. The fourth-order valence-electron chi connectivity index (χ4n) is 1.25. The van der Waals surface area contributed by atoms with Gasteiger partial charge in [0, 0.05) is 18.7 Å². The van der Waals surface area contributed by atoms with Crippen LogP contribution in [0.3, 0.4) is 0 Å². The van der Waals surface area contributed by atoms with Crippen molar-refractivity contribution in [3.05, 3.63) is 24.2 Å². The molecule has 2 N–H and O–H groups in total. The summed E-state index contributed by atoms with van der Waals surface area (Å²) in [6.45, 7) is 1.25. The summed E-state index contributed by atoms with van der Waals surface area (Å²) in [7, 11) is 1.85. The van der Waals surface area contributed by atoms with E-state index in [2.05, 4.69) is 5.32 Å². The molecule has 0 atom stereocenters. The summed E-state index contributed by atoms with van der Waals surface area (Å²) in [6, 6.07) is 1.86. The van der Waals surface area contributed by atoms with E-state index in [1.165, 1.54) is 0 Å². The van der Waals surface area contributed by atoms with Crippen molar-refractivity contribution < 1.29 is 14.3 Å². The third-order valence-electron chi connectivity index (χ3n) is 1.88. The van der Waals surface area contributed by atoms with Crippen LogP contribution < -0.4 is 5.32 Å². The second kappa shape index (κ2) is 6.21. The molecular weight excluding hydrogens is 196 g/mol. The van der Waals surface area contributed by atoms with Crippen LogP contribution in [0.2, 0.25) is 0 Å². The van der Waals surface area contributed by atoms with Crippen molar-refractivity contribution >= 4 is 5.91 Å². The van der Waals surface area contributed by atoms with E-state index in [1.807, 2.05) is 18.0 Å². The maximum Gasteiger partial charge on any atom is 0.234 e. The molecule has 1 aromatic rings. The summed E-state index contributed by atoms with van der Waals surface area (Å²) >= 11 is 0. The standard InChI is InChI=1S/C10H16N2O3/c1-12(6-9-2-5-15-8-9)7-10(14)11-3-4-13/h2,5,8,13H,3-4,6-7H2,1H3,(H,11,14). The molecule has 0 saturated carbocycles. The number of rotatable bonds is 6. The largest absolute Gasteiger partial charge is 0.472 e. The first-order chi connectivity index (χ1) is 7.22. The number of nitrogens with one attached hydrogen (secondary N) is 1. The van der Waals surface area contributed by atoms with E-state index in [0.29, 0.717) is 19.6 Å². The number of carbonyl (C=O) groups is 1. The Morgan fingerprint density at radius 3 is 3.07 bits per heavy atom. The molecule has 0 aliphatic carbocycles. The monoisotopic (exact) mass is 212 g/mol. The van der Waals surface area contributed by atoms with Gasteiger partial charge in [-0.2, -0.15) is 0 Å². The quantitative estimate of drug-likeness (QED) is 0.686. The lowest BCUT2D eigenvalue weighted by atomic mass is 10.3. The number of hydrogen-bond acceptors (Lipinski definition) is 4. The summed E-state index contributed by atoms with van der Waals surface area (Å²) in [6.07, 6.45) is 3.26. The molecule has 0 aliphatic rings. The summed E-state index contributed by atoms with van der Waals surface area (Å²) < 4.78 is 4.92. The number of carbonyl (C=O) groups excluding carboxylic acids is 1. The Morgan fingerprint density at radius 1 is 1.67 bits per heavy atom. The molecule has 5 nitrogen and oxygen atoms in total. The minimum atomic E-state index is -0.0879. The molecule has 1 rings (SSSR count). The van der Waals surface area contributed by atoms with Crippen LogP contribution in [0, 0.1) is 0 Å². The Balaban J connectivity index is 2.23. The van der Waals surface area contributed by atoms with E-state index in [4.69, 9.17) is 9.52 Å². The number of furan rings is 1. The molecule has 1 aromatic heterocycles. The lowest BCUT2D eigenvalue weighted by molar-refractivity contribution is -0.122. The highest BCUT2D eigenvalue weighted by Gasteiger charge is 2.06. The summed E-state index contributed by atoms with van der Waals surface area (Å²) in [5.74, 6) is -0.0879. The summed E-state index contributed by atoms with van der Waals surface area (Å²) in [5, 5.41) is 11.1. The van der Waals surface area contributed by atoms with E-state index in [1.54, 1.807) is 12.5 Å². The topological polar surface area (TPSA) is 65.7 Å². The van der Waals surface area contributed by atoms with Gasteiger partial charge in [0.1, 0.15) is 0 Å². The average Bonchev–Trinajstić information content (AvgIpc) is 2.67. The lowest BCUT2D eigenvalue weighted by Gasteiger charge is -2.14. The third kappa shape index (κ3) is 4.62. The fourth-order valence-corrected chi connectivity index (χ4v) is 1.25. The van der Waals surface area contributed by atoms with Gasteiger partial charge in [-0.05, 0) is 13.1 Å². The zero-order valence-corrected chi connectivity index (χ0v) is 8.77. The SMILES string of the molecule is CN(CC(=O)NCCO)Cc1ccoc1. The highest BCUT2D eigenvalue weighted by atomic mass is 16.3. The second-order valence-electron chi connectivity index (χ2n) is 3.38. The zero-order chi connectivity index (χ0) is 11.1. The number of aliphatic hydroxyl groups is 1. The molecule has 0 aliphatic heterocycles. The first-order valence-corrected chi connectivity index (χ1v) is 4.79. The molecule has 0 aromatic carbocycles. The predicted molar refractivity (Wildman–Crippen MR) is 55.1 cm³/mol. The van der Waals surface area contributed by atoms with Crippen LogP contribution >= 0.6 is 0 Å². The van der Waals surface area contributed by atoms with E-state index in [0.717, 1.165) is 5.56 Å². The van der Waals surface area contributed by atoms with E-state index in [9.17, 15) is 4.79 Å². The van der Waals surface area contributed by atoms with Crippen molar-refractivity contribution in [1.29, 1.82) is 0 Å². The Labute approximate surface area is 88.7 Å². The molecule has 0 radical (unpaired) electrons. The lowest BCUT2D eigenvalue weighted by Crippen LogP contribution is -2.36. The van der Waals surface area contributed by atoms with Crippen LogP contribution in [0.25, 0.3) is 0 Å². The smallest absolute Gasteiger partial charge is 0.234 e. The molecule has 0 bridgehead atoms. The number of aliphatic hydroxyl groups excluding tert-OH is 1. The molecule has 1 heterocycles. The van der Waals surface area contributed by atoms with Crippen LogP contribution in [0.15, 0.2) is 23.0 Å². The van der Waals surface area contributed by atoms with Crippen molar-refractivity contribution in [3.63, 3.8) is 0 Å². The minimum absolute atomic E-state index is 0.0306. The van der Waals surface area contributed by atoms with Crippen LogP contribution in [-0.2, 0) is 11.3 Å². The number of hydrogen-bond donors (Lipinski definition) is 2. The van der Waals surface area contributed by atoms with Crippen LogP contribution in [0.1, 0.15) is 5.56 Å². The first kappa shape index (κ1) is 11.7. The Morgan fingerprint density at radius 2 is 2.47 bits per heavy atom. The van der Waals surface area contributed by atoms with E-state index >= 15 is 0 Å². The van der Waals surface area contributed by atoms with Gasteiger partial charge in [-0.15, -0.1) is 0 Å². The summed E-state index contributed by atoms with van der Waals surface area (Å²) in [5.41, 5.74) is 1.03. The number of likely N-dealkylation sites (N-methyl/N-ethyl adjacent to an activating group) is 1. The van der Waals surface area contributed by atoms with Gasteiger partial charge in [-0.3, -0.25) is 9.69 Å². The molecule has 0 fully saturated rings. The van der Waals surface area contributed by atoms with Crippen LogP contribution in [0.4, 0.5) is 0 Å². The van der Waals surface area contributed by atoms with Crippen molar-refractivity contribution in [2.75, 3.05) is 26.7 Å². The van der Waals surface area contributed by atoms with Gasteiger partial charge in [0.2, 0.25) is 5.91 Å². The zero-order valence-electron chi connectivity index (χ0n) is 8.77. The third-order valence-corrected chi connectivity index (χ3v) is 1.88. The maximum atomic E-state index is 11.3. The van der Waals surface area contributed by atoms with Gasteiger partial charge in [0.15, 0.2) is 0 Å². The Bertz CT molecular complexity index is 285. The molecule has 15 heavy (non-hydrogen) atoms. The van der Waals surface area contributed by atoms with Crippen molar-refractivity contribution in [2.24, 2.45) is 0 Å².